The zero-order valence-corrected chi connectivity index (χ0v) is 11.6. The van der Waals surface area contributed by atoms with E-state index in [-0.39, 0.29) is 17.6 Å². The monoisotopic (exact) mass is 285 g/mol. The summed E-state index contributed by atoms with van der Waals surface area (Å²) in [5.74, 6) is -0.131. The van der Waals surface area contributed by atoms with Crippen molar-refractivity contribution >= 4 is 22.9 Å². The van der Waals surface area contributed by atoms with Crippen molar-refractivity contribution in [1.29, 1.82) is 0 Å². The summed E-state index contributed by atoms with van der Waals surface area (Å²) in [5.41, 5.74) is 0.820. The molecular formula is C13H13ClFNOS. The fourth-order valence-corrected chi connectivity index (χ4v) is 3.12. The topological polar surface area (TPSA) is 21.3 Å². The second-order valence-electron chi connectivity index (χ2n) is 3.75. The van der Waals surface area contributed by atoms with Crippen LogP contribution in [0.3, 0.4) is 0 Å². The van der Waals surface area contributed by atoms with Gasteiger partial charge in [0.1, 0.15) is 0 Å². The first-order valence-corrected chi connectivity index (χ1v) is 6.66. The normalized spacial score (nSPS) is 12.4. The summed E-state index contributed by atoms with van der Waals surface area (Å²) >= 11 is 7.66. The molecule has 0 radical (unpaired) electrons. The molecule has 0 amide bonds. The van der Waals surface area contributed by atoms with Crippen LogP contribution in [0.25, 0.3) is 0 Å². The Morgan fingerprint density at radius 3 is 2.67 bits per heavy atom. The maximum atomic E-state index is 13.7. The van der Waals surface area contributed by atoms with Crippen molar-refractivity contribution in [3.05, 3.63) is 50.9 Å². The van der Waals surface area contributed by atoms with Crippen LogP contribution in [0.4, 0.5) is 4.39 Å². The lowest BCUT2D eigenvalue weighted by atomic mass is 10.1. The van der Waals surface area contributed by atoms with Crippen LogP contribution in [-0.2, 0) is 0 Å². The molecule has 1 unspecified atom stereocenters. The Balaban J connectivity index is 2.40. The number of halogens is 2. The molecule has 0 saturated carbocycles. The smallest absolute Gasteiger partial charge is 0.165 e. The van der Waals surface area contributed by atoms with E-state index in [0.717, 1.165) is 10.4 Å². The molecule has 96 valence electrons. The van der Waals surface area contributed by atoms with Crippen LogP contribution in [0.15, 0.2) is 29.6 Å². The summed E-state index contributed by atoms with van der Waals surface area (Å²) in [7, 11) is 3.27. The molecule has 0 fully saturated rings. The van der Waals surface area contributed by atoms with E-state index in [2.05, 4.69) is 5.32 Å². The molecule has 2 rings (SSSR count). The minimum Gasteiger partial charge on any atom is -0.494 e. The molecule has 0 aliphatic rings. The highest BCUT2D eigenvalue weighted by Crippen LogP contribution is 2.33. The predicted molar refractivity (Wildman–Crippen MR) is 73.2 cm³/mol. The van der Waals surface area contributed by atoms with Gasteiger partial charge in [-0.3, -0.25) is 0 Å². The van der Waals surface area contributed by atoms with E-state index in [1.54, 1.807) is 17.4 Å². The number of benzene rings is 1. The fourth-order valence-electron chi connectivity index (χ4n) is 1.82. The zero-order chi connectivity index (χ0) is 13.1. The SMILES string of the molecule is CNC(c1ccc(OC)c(F)c1)c1sccc1Cl. The lowest BCUT2D eigenvalue weighted by Crippen LogP contribution is -2.17. The van der Waals surface area contributed by atoms with Gasteiger partial charge in [0.05, 0.1) is 18.2 Å². The summed E-state index contributed by atoms with van der Waals surface area (Å²) in [4.78, 5) is 0.976. The van der Waals surface area contributed by atoms with Gasteiger partial charge in [-0.25, -0.2) is 4.39 Å². The number of hydrogen-bond donors (Lipinski definition) is 1. The van der Waals surface area contributed by atoms with E-state index >= 15 is 0 Å². The molecule has 0 aliphatic carbocycles. The lowest BCUT2D eigenvalue weighted by molar-refractivity contribution is 0.386. The third-order valence-electron chi connectivity index (χ3n) is 2.70. The summed E-state index contributed by atoms with van der Waals surface area (Å²) in [6, 6.07) is 6.65. The highest BCUT2D eigenvalue weighted by atomic mass is 35.5. The molecule has 1 N–H and O–H groups in total. The molecule has 2 aromatic rings. The Kier molecular flexibility index (Phi) is 4.22. The maximum Gasteiger partial charge on any atom is 0.165 e. The van der Waals surface area contributed by atoms with Crippen LogP contribution in [0, 0.1) is 5.82 Å². The second kappa shape index (κ2) is 5.69. The number of thiophene rings is 1. The largest absolute Gasteiger partial charge is 0.494 e. The minimum absolute atomic E-state index is 0.113. The van der Waals surface area contributed by atoms with Crippen molar-refractivity contribution in [1.82, 2.24) is 5.32 Å². The number of nitrogens with one attached hydrogen (secondary N) is 1. The van der Waals surface area contributed by atoms with E-state index in [1.807, 2.05) is 24.6 Å². The number of ether oxygens (including phenoxy) is 1. The molecule has 1 atom stereocenters. The molecule has 5 heteroatoms. The van der Waals surface area contributed by atoms with Crippen molar-refractivity contribution in [2.75, 3.05) is 14.2 Å². The van der Waals surface area contributed by atoms with E-state index in [1.165, 1.54) is 13.2 Å². The molecule has 0 bridgehead atoms. The third kappa shape index (κ3) is 2.51. The minimum atomic E-state index is -0.372. The predicted octanol–water partition coefficient (Wildman–Crippen LogP) is 3.86. The Morgan fingerprint density at radius 1 is 1.39 bits per heavy atom. The molecule has 0 saturated heterocycles. The van der Waals surface area contributed by atoms with Gasteiger partial charge in [-0.2, -0.15) is 0 Å². The van der Waals surface area contributed by atoms with Gasteiger partial charge >= 0.3 is 0 Å². The second-order valence-corrected chi connectivity index (χ2v) is 5.10. The molecule has 0 aliphatic heterocycles. The summed E-state index contributed by atoms with van der Waals surface area (Å²) in [6.45, 7) is 0. The zero-order valence-electron chi connectivity index (χ0n) is 10.0. The van der Waals surface area contributed by atoms with Crippen molar-refractivity contribution in [2.45, 2.75) is 6.04 Å². The van der Waals surface area contributed by atoms with Crippen molar-refractivity contribution in [2.24, 2.45) is 0 Å². The molecular weight excluding hydrogens is 273 g/mol. The van der Waals surface area contributed by atoms with Crippen molar-refractivity contribution < 1.29 is 9.13 Å². The van der Waals surface area contributed by atoms with Gasteiger partial charge in [-0.1, -0.05) is 17.7 Å². The van der Waals surface area contributed by atoms with Gasteiger partial charge in [0.25, 0.3) is 0 Å². The van der Waals surface area contributed by atoms with E-state index in [0.29, 0.717) is 5.02 Å². The molecule has 1 aromatic heterocycles. The maximum absolute atomic E-state index is 13.7. The Bertz CT molecular complexity index is 544. The van der Waals surface area contributed by atoms with Crippen molar-refractivity contribution in [3.8, 4) is 5.75 Å². The van der Waals surface area contributed by atoms with Gasteiger partial charge in [-0.15, -0.1) is 11.3 Å². The number of rotatable bonds is 4. The van der Waals surface area contributed by atoms with Gasteiger partial charge in [0.2, 0.25) is 0 Å². The Labute approximate surface area is 114 Å². The summed E-state index contributed by atoms with van der Waals surface area (Å²) in [6.07, 6.45) is 0. The molecule has 18 heavy (non-hydrogen) atoms. The highest BCUT2D eigenvalue weighted by Gasteiger charge is 2.18. The number of methoxy groups -OCH3 is 1. The number of hydrogen-bond acceptors (Lipinski definition) is 3. The standard InChI is InChI=1S/C13H13ClFNOS/c1-16-12(13-9(14)5-6-18-13)8-3-4-11(17-2)10(15)7-8/h3-7,12,16H,1-2H3. The average molecular weight is 286 g/mol. The summed E-state index contributed by atoms with van der Waals surface area (Å²) < 4.78 is 18.6. The van der Waals surface area contributed by atoms with Gasteiger partial charge in [0.15, 0.2) is 11.6 Å². The lowest BCUT2D eigenvalue weighted by Gasteiger charge is -2.16. The van der Waals surface area contributed by atoms with Gasteiger partial charge < -0.3 is 10.1 Å². The van der Waals surface area contributed by atoms with Crippen LogP contribution < -0.4 is 10.1 Å². The Hall–Kier alpha value is -1.10. The van der Waals surface area contributed by atoms with Crippen LogP contribution in [0.5, 0.6) is 5.75 Å². The fraction of sp³-hybridized carbons (Fsp3) is 0.231. The first-order valence-electron chi connectivity index (χ1n) is 5.41. The molecule has 1 aromatic carbocycles. The van der Waals surface area contributed by atoms with Gasteiger partial charge in [-0.05, 0) is 36.2 Å². The van der Waals surface area contributed by atoms with Gasteiger partial charge in [0, 0.05) is 4.88 Å². The van der Waals surface area contributed by atoms with E-state index in [9.17, 15) is 4.39 Å². The first kappa shape index (κ1) is 13.3. The molecule has 2 nitrogen and oxygen atoms in total. The molecule has 0 spiro atoms. The van der Waals surface area contributed by atoms with Crippen LogP contribution in [-0.4, -0.2) is 14.2 Å². The van der Waals surface area contributed by atoms with Crippen LogP contribution in [0.2, 0.25) is 5.02 Å². The Morgan fingerprint density at radius 2 is 2.17 bits per heavy atom. The quantitative estimate of drug-likeness (QED) is 0.921. The first-order chi connectivity index (χ1) is 8.67. The molecule has 1 heterocycles. The van der Waals surface area contributed by atoms with E-state index in [4.69, 9.17) is 16.3 Å². The van der Waals surface area contributed by atoms with Crippen LogP contribution in [0.1, 0.15) is 16.5 Å². The van der Waals surface area contributed by atoms with E-state index < -0.39 is 0 Å². The van der Waals surface area contributed by atoms with Crippen LogP contribution >= 0.6 is 22.9 Å². The van der Waals surface area contributed by atoms with Crippen molar-refractivity contribution in [3.63, 3.8) is 0 Å². The summed E-state index contributed by atoms with van der Waals surface area (Å²) in [5, 5.41) is 5.75. The average Bonchev–Trinajstić information content (AvgIpc) is 2.77. The highest BCUT2D eigenvalue weighted by molar-refractivity contribution is 7.10. The third-order valence-corrected chi connectivity index (χ3v) is 4.13.